The van der Waals surface area contributed by atoms with Gasteiger partial charge in [-0.2, -0.15) is 0 Å². The third-order valence-electron chi connectivity index (χ3n) is 2.32. The van der Waals surface area contributed by atoms with Crippen molar-refractivity contribution in [2.24, 2.45) is 5.73 Å². The zero-order valence-electron chi connectivity index (χ0n) is 9.37. The quantitative estimate of drug-likeness (QED) is 0.788. The standard InChI is InChI=1S/C12H17BrN2O/c1-3-6-15-12(8-14)10-7-9(16-2)4-5-11(10)13/h3-5,7,12,15H,1,6,8,14H2,2H3. The van der Waals surface area contributed by atoms with Gasteiger partial charge in [-0.15, -0.1) is 6.58 Å². The largest absolute Gasteiger partial charge is 0.497 e. The van der Waals surface area contributed by atoms with Crippen LogP contribution in [-0.2, 0) is 0 Å². The van der Waals surface area contributed by atoms with Gasteiger partial charge in [0.2, 0.25) is 0 Å². The van der Waals surface area contributed by atoms with Crippen LogP contribution in [0.25, 0.3) is 0 Å². The molecule has 1 unspecified atom stereocenters. The molecule has 0 saturated carbocycles. The fraction of sp³-hybridized carbons (Fsp3) is 0.333. The lowest BCUT2D eigenvalue weighted by molar-refractivity contribution is 0.413. The van der Waals surface area contributed by atoms with Crippen LogP contribution in [0.15, 0.2) is 35.3 Å². The molecule has 0 amide bonds. The molecule has 0 aromatic heterocycles. The van der Waals surface area contributed by atoms with E-state index in [0.717, 1.165) is 22.3 Å². The van der Waals surface area contributed by atoms with Crippen molar-refractivity contribution in [2.45, 2.75) is 6.04 Å². The average Bonchev–Trinajstić information content (AvgIpc) is 2.32. The van der Waals surface area contributed by atoms with Gasteiger partial charge in [0.1, 0.15) is 5.75 Å². The van der Waals surface area contributed by atoms with Gasteiger partial charge in [-0.3, -0.25) is 0 Å². The van der Waals surface area contributed by atoms with Gasteiger partial charge >= 0.3 is 0 Å². The van der Waals surface area contributed by atoms with E-state index in [1.807, 2.05) is 24.3 Å². The zero-order valence-corrected chi connectivity index (χ0v) is 11.0. The molecule has 0 aliphatic carbocycles. The van der Waals surface area contributed by atoms with Crippen LogP contribution >= 0.6 is 15.9 Å². The summed E-state index contributed by atoms with van der Waals surface area (Å²) >= 11 is 3.52. The van der Waals surface area contributed by atoms with E-state index in [1.54, 1.807) is 7.11 Å². The second kappa shape index (κ2) is 6.68. The topological polar surface area (TPSA) is 47.3 Å². The van der Waals surface area contributed by atoms with E-state index in [1.165, 1.54) is 0 Å². The highest BCUT2D eigenvalue weighted by Crippen LogP contribution is 2.27. The fourth-order valence-corrected chi connectivity index (χ4v) is 1.98. The van der Waals surface area contributed by atoms with Gasteiger partial charge in [0.25, 0.3) is 0 Å². The summed E-state index contributed by atoms with van der Waals surface area (Å²) in [4.78, 5) is 0. The van der Waals surface area contributed by atoms with Gasteiger partial charge in [0.05, 0.1) is 7.11 Å². The third-order valence-corrected chi connectivity index (χ3v) is 3.05. The molecule has 0 saturated heterocycles. The molecule has 0 fully saturated rings. The van der Waals surface area contributed by atoms with Crippen LogP contribution in [0.3, 0.4) is 0 Å². The van der Waals surface area contributed by atoms with Crippen molar-refractivity contribution in [3.63, 3.8) is 0 Å². The van der Waals surface area contributed by atoms with E-state index in [0.29, 0.717) is 6.54 Å². The van der Waals surface area contributed by atoms with E-state index >= 15 is 0 Å². The predicted octanol–water partition coefficient (Wildman–Crippen LogP) is 2.23. The van der Waals surface area contributed by atoms with Crippen LogP contribution in [0.2, 0.25) is 0 Å². The maximum atomic E-state index is 5.75. The predicted molar refractivity (Wildman–Crippen MR) is 70.7 cm³/mol. The number of hydrogen-bond acceptors (Lipinski definition) is 3. The second-order valence-corrected chi connectivity index (χ2v) is 4.23. The number of methoxy groups -OCH3 is 1. The summed E-state index contributed by atoms with van der Waals surface area (Å²) < 4.78 is 6.23. The Balaban J connectivity index is 2.93. The van der Waals surface area contributed by atoms with Crippen molar-refractivity contribution in [3.05, 3.63) is 40.9 Å². The molecule has 16 heavy (non-hydrogen) atoms. The lowest BCUT2D eigenvalue weighted by Crippen LogP contribution is -2.28. The lowest BCUT2D eigenvalue weighted by Gasteiger charge is -2.18. The van der Waals surface area contributed by atoms with E-state index in [2.05, 4.69) is 27.8 Å². The molecule has 0 bridgehead atoms. The number of rotatable bonds is 6. The Kier molecular flexibility index (Phi) is 5.52. The highest BCUT2D eigenvalue weighted by molar-refractivity contribution is 9.10. The van der Waals surface area contributed by atoms with Gasteiger partial charge in [0.15, 0.2) is 0 Å². The number of nitrogens with one attached hydrogen (secondary N) is 1. The molecule has 88 valence electrons. The molecule has 3 nitrogen and oxygen atoms in total. The Morgan fingerprint density at radius 2 is 2.38 bits per heavy atom. The first-order valence-corrected chi connectivity index (χ1v) is 5.90. The van der Waals surface area contributed by atoms with Crippen LogP contribution in [0, 0.1) is 0 Å². The van der Waals surface area contributed by atoms with Gasteiger partial charge in [-0.05, 0) is 23.8 Å². The summed E-state index contributed by atoms with van der Waals surface area (Å²) in [7, 11) is 1.65. The fourth-order valence-electron chi connectivity index (χ4n) is 1.46. The highest BCUT2D eigenvalue weighted by Gasteiger charge is 2.12. The SMILES string of the molecule is C=CCNC(CN)c1cc(OC)ccc1Br. The number of benzene rings is 1. The molecule has 0 radical (unpaired) electrons. The minimum absolute atomic E-state index is 0.0995. The Bertz CT molecular complexity index is 355. The maximum absolute atomic E-state index is 5.75. The summed E-state index contributed by atoms with van der Waals surface area (Å²) in [6.45, 7) is 4.93. The van der Waals surface area contributed by atoms with Gasteiger partial charge in [-0.1, -0.05) is 22.0 Å². The van der Waals surface area contributed by atoms with Crippen molar-refractivity contribution in [2.75, 3.05) is 20.2 Å². The van der Waals surface area contributed by atoms with E-state index < -0.39 is 0 Å². The summed E-state index contributed by atoms with van der Waals surface area (Å²) in [6, 6.07) is 5.96. The zero-order chi connectivity index (χ0) is 12.0. The number of halogens is 1. The first kappa shape index (κ1) is 13.2. The Labute approximate surface area is 105 Å². The van der Waals surface area contributed by atoms with Gasteiger partial charge in [-0.25, -0.2) is 0 Å². The molecule has 1 rings (SSSR count). The smallest absolute Gasteiger partial charge is 0.119 e. The first-order valence-electron chi connectivity index (χ1n) is 5.10. The van der Waals surface area contributed by atoms with Crippen LogP contribution in [0.5, 0.6) is 5.75 Å². The van der Waals surface area contributed by atoms with E-state index in [4.69, 9.17) is 10.5 Å². The van der Waals surface area contributed by atoms with Crippen molar-refractivity contribution in [1.29, 1.82) is 0 Å². The Morgan fingerprint density at radius 1 is 1.62 bits per heavy atom. The highest BCUT2D eigenvalue weighted by atomic mass is 79.9. The summed E-state index contributed by atoms with van der Waals surface area (Å²) in [6.07, 6.45) is 1.82. The van der Waals surface area contributed by atoms with E-state index in [9.17, 15) is 0 Å². The maximum Gasteiger partial charge on any atom is 0.119 e. The number of nitrogens with two attached hydrogens (primary N) is 1. The first-order chi connectivity index (χ1) is 7.72. The minimum atomic E-state index is 0.0995. The molecule has 0 aliphatic heterocycles. The molecule has 3 N–H and O–H groups in total. The molecule has 0 heterocycles. The van der Waals surface area contributed by atoms with Crippen molar-refractivity contribution < 1.29 is 4.74 Å². The molecule has 0 spiro atoms. The molecular formula is C12H17BrN2O. The van der Waals surface area contributed by atoms with Crippen LogP contribution in [-0.4, -0.2) is 20.2 Å². The summed E-state index contributed by atoms with van der Waals surface area (Å²) in [5, 5.41) is 3.30. The number of ether oxygens (including phenoxy) is 1. The van der Waals surface area contributed by atoms with Crippen LogP contribution in [0.1, 0.15) is 11.6 Å². The third kappa shape index (κ3) is 3.33. The summed E-state index contributed by atoms with van der Waals surface area (Å²) in [5.74, 6) is 0.831. The van der Waals surface area contributed by atoms with Gasteiger partial charge < -0.3 is 15.8 Å². The number of hydrogen-bond donors (Lipinski definition) is 2. The average molecular weight is 285 g/mol. The van der Waals surface area contributed by atoms with Gasteiger partial charge in [0, 0.05) is 23.6 Å². The molecule has 1 aromatic carbocycles. The van der Waals surface area contributed by atoms with Crippen molar-refractivity contribution >= 4 is 15.9 Å². The second-order valence-electron chi connectivity index (χ2n) is 3.37. The van der Waals surface area contributed by atoms with Crippen molar-refractivity contribution in [3.8, 4) is 5.75 Å². The Hall–Kier alpha value is -0.840. The molecule has 1 atom stereocenters. The minimum Gasteiger partial charge on any atom is -0.497 e. The molecular weight excluding hydrogens is 268 g/mol. The van der Waals surface area contributed by atoms with E-state index in [-0.39, 0.29) is 6.04 Å². The lowest BCUT2D eigenvalue weighted by atomic mass is 10.1. The molecule has 4 heteroatoms. The summed E-state index contributed by atoms with van der Waals surface area (Å²) in [5.41, 5.74) is 6.85. The Morgan fingerprint density at radius 3 is 2.94 bits per heavy atom. The van der Waals surface area contributed by atoms with Crippen LogP contribution < -0.4 is 15.8 Å². The molecule has 0 aliphatic rings. The normalized spacial score (nSPS) is 12.2. The molecule has 1 aromatic rings. The van der Waals surface area contributed by atoms with Crippen LogP contribution in [0.4, 0.5) is 0 Å². The van der Waals surface area contributed by atoms with Crippen molar-refractivity contribution in [1.82, 2.24) is 5.32 Å². The monoisotopic (exact) mass is 284 g/mol.